The molecule has 0 aromatic heterocycles. The number of hydrogen-bond acceptors (Lipinski definition) is 3. The van der Waals surface area contributed by atoms with Gasteiger partial charge in [0.05, 0.1) is 12.4 Å². The zero-order valence-corrected chi connectivity index (χ0v) is 12.6. The van der Waals surface area contributed by atoms with Gasteiger partial charge in [-0.3, -0.25) is 0 Å². The smallest absolute Gasteiger partial charge is 0.209 e. The number of benzene rings is 1. The summed E-state index contributed by atoms with van der Waals surface area (Å²) < 4.78 is 28.9. The van der Waals surface area contributed by atoms with E-state index in [9.17, 15) is 8.42 Å². The Morgan fingerprint density at radius 2 is 1.65 bits per heavy atom. The van der Waals surface area contributed by atoms with Gasteiger partial charge in [-0.2, -0.15) is 0 Å². The first-order valence-electron chi connectivity index (χ1n) is 7.18. The molecule has 5 heteroatoms. The van der Waals surface area contributed by atoms with E-state index in [1.165, 1.54) is 0 Å². The Labute approximate surface area is 121 Å². The molecule has 1 aromatic rings. The Morgan fingerprint density at radius 3 is 2.20 bits per heavy atom. The monoisotopic (exact) mass is 297 g/mol. The second-order valence-corrected chi connectivity index (χ2v) is 7.44. The van der Waals surface area contributed by atoms with Crippen LogP contribution in [-0.4, -0.2) is 20.8 Å². The summed E-state index contributed by atoms with van der Waals surface area (Å²) in [5.41, 5.74) is -0.333. The van der Waals surface area contributed by atoms with Gasteiger partial charge in [-0.15, -0.1) is 0 Å². The summed E-state index contributed by atoms with van der Waals surface area (Å²) in [6.45, 7) is 0.424. The normalized spacial score (nSPS) is 19.2. The molecular weight excluding hydrogens is 274 g/mol. The summed E-state index contributed by atoms with van der Waals surface area (Å²) in [5.74, 6) is 0.804. The summed E-state index contributed by atoms with van der Waals surface area (Å²) in [6.07, 6.45) is 6.17. The van der Waals surface area contributed by atoms with Crippen molar-refractivity contribution < 1.29 is 13.2 Å². The molecule has 112 valence electrons. The van der Waals surface area contributed by atoms with Crippen molar-refractivity contribution in [3.8, 4) is 5.75 Å². The van der Waals surface area contributed by atoms with Crippen LogP contribution in [0.3, 0.4) is 0 Å². The summed E-state index contributed by atoms with van der Waals surface area (Å²) >= 11 is 0. The van der Waals surface area contributed by atoms with Crippen LogP contribution in [0.5, 0.6) is 5.75 Å². The van der Waals surface area contributed by atoms with Crippen LogP contribution in [0.25, 0.3) is 0 Å². The summed E-state index contributed by atoms with van der Waals surface area (Å²) in [7, 11) is -3.48. The number of nitrogens with two attached hydrogens (primary N) is 1. The molecule has 2 rings (SSSR count). The van der Waals surface area contributed by atoms with Gasteiger partial charge in [-0.1, -0.05) is 43.9 Å². The van der Waals surface area contributed by atoms with Gasteiger partial charge in [-0.05, 0) is 25.0 Å². The Morgan fingerprint density at radius 1 is 1.05 bits per heavy atom. The molecular formula is C15H23NO3S. The van der Waals surface area contributed by atoms with Crippen LogP contribution in [0.1, 0.15) is 38.5 Å². The fourth-order valence-electron chi connectivity index (χ4n) is 2.99. The molecule has 0 saturated heterocycles. The fourth-order valence-corrected chi connectivity index (χ4v) is 4.21. The topological polar surface area (TPSA) is 69.4 Å². The van der Waals surface area contributed by atoms with E-state index in [1.807, 2.05) is 30.3 Å². The van der Waals surface area contributed by atoms with Crippen molar-refractivity contribution in [2.45, 2.75) is 38.5 Å². The third-order valence-electron chi connectivity index (χ3n) is 3.96. The molecule has 0 bridgehead atoms. The van der Waals surface area contributed by atoms with E-state index in [-0.39, 0.29) is 11.2 Å². The minimum absolute atomic E-state index is 0.0207. The Bertz CT molecular complexity index is 505. The number of primary sulfonamides is 1. The van der Waals surface area contributed by atoms with Crippen LogP contribution in [0.2, 0.25) is 0 Å². The van der Waals surface area contributed by atoms with Crippen LogP contribution in [0, 0.1) is 5.41 Å². The lowest BCUT2D eigenvalue weighted by Crippen LogP contribution is -2.38. The van der Waals surface area contributed by atoms with Gasteiger partial charge in [0, 0.05) is 5.41 Å². The third kappa shape index (κ3) is 4.80. The Kier molecular flexibility index (Phi) is 5.05. The predicted octanol–water partition coefficient (Wildman–Crippen LogP) is 2.69. The molecule has 1 aliphatic carbocycles. The average molecular weight is 297 g/mol. The van der Waals surface area contributed by atoms with E-state index in [0.29, 0.717) is 6.61 Å². The van der Waals surface area contributed by atoms with Gasteiger partial charge < -0.3 is 4.74 Å². The van der Waals surface area contributed by atoms with Crippen LogP contribution in [0.4, 0.5) is 0 Å². The SMILES string of the molecule is NS(=O)(=O)CC1(COc2ccccc2)CCCCCC1. The van der Waals surface area contributed by atoms with Crippen molar-refractivity contribution in [2.75, 3.05) is 12.4 Å². The first kappa shape index (κ1) is 15.3. The molecule has 0 heterocycles. The molecule has 20 heavy (non-hydrogen) atoms. The van der Waals surface area contributed by atoms with Crippen LogP contribution < -0.4 is 9.88 Å². The molecule has 0 atom stereocenters. The molecule has 0 spiro atoms. The van der Waals surface area contributed by atoms with Gasteiger partial charge >= 0.3 is 0 Å². The standard InChI is InChI=1S/C15H23NO3S/c16-20(17,18)13-15(10-6-1-2-7-11-15)12-19-14-8-4-3-5-9-14/h3-5,8-9H,1-2,6-7,10-13H2,(H2,16,17,18). The van der Waals surface area contributed by atoms with Crippen molar-refractivity contribution >= 4 is 10.0 Å². The van der Waals surface area contributed by atoms with Crippen LogP contribution in [-0.2, 0) is 10.0 Å². The van der Waals surface area contributed by atoms with Gasteiger partial charge in [0.1, 0.15) is 5.75 Å². The van der Waals surface area contributed by atoms with E-state index in [2.05, 4.69) is 0 Å². The lowest BCUT2D eigenvalue weighted by Gasteiger charge is -2.31. The maximum Gasteiger partial charge on any atom is 0.209 e. The van der Waals surface area contributed by atoms with Crippen LogP contribution in [0.15, 0.2) is 30.3 Å². The van der Waals surface area contributed by atoms with E-state index in [1.54, 1.807) is 0 Å². The van der Waals surface area contributed by atoms with Gasteiger partial charge in [0.15, 0.2) is 0 Å². The lowest BCUT2D eigenvalue weighted by molar-refractivity contribution is 0.146. The molecule has 2 N–H and O–H groups in total. The zero-order chi connectivity index (χ0) is 14.5. The third-order valence-corrected chi connectivity index (χ3v) is 4.97. The fraction of sp³-hybridized carbons (Fsp3) is 0.600. The number of para-hydroxylation sites is 1. The lowest BCUT2D eigenvalue weighted by atomic mass is 9.83. The second-order valence-electron chi connectivity index (χ2n) is 5.82. The Balaban J connectivity index is 2.09. The van der Waals surface area contributed by atoms with E-state index in [4.69, 9.17) is 9.88 Å². The first-order valence-corrected chi connectivity index (χ1v) is 8.89. The van der Waals surface area contributed by atoms with E-state index < -0.39 is 10.0 Å². The van der Waals surface area contributed by atoms with Gasteiger partial charge in [0.2, 0.25) is 10.0 Å². The summed E-state index contributed by atoms with van der Waals surface area (Å²) in [4.78, 5) is 0. The molecule has 0 unspecified atom stereocenters. The highest BCUT2D eigenvalue weighted by Gasteiger charge is 2.35. The minimum atomic E-state index is -3.48. The number of ether oxygens (including phenoxy) is 1. The van der Waals surface area contributed by atoms with Crippen molar-refractivity contribution in [1.82, 2.24) is 0 Å². The number of sulfonamides is 1. The predicted molar refractivity (Wildman–Crippen MR) is 80.0 cm³/mol. The highest BCUT2D eigenvalue weighted by Crippen LogP contribution is 2.36. The Hall–Kier alpha value is -1.07. The molecule has 1 fully saturated rings. The highest BCUT2D eigenvalue weighted by molar-refractivity contribution is 7.89. The van der Waals surface area contributed by atoms with Crippen molar-refractivity contribution in [3.05, 3.63) is 30.3 Å². The minimum Gasteiger partial charge on any atom is -0.493 e. The van der Waals surface area contributed by atoms with Crippen molar-refractivity contribution in [1.29, 1.82) is 0 Å². The average Bonchev–Trinajstić information content (AvgIpc) is 2.62. The maximum absolute atomic E-state index is 11.6. The molecule has 0 aliphatic heterocycles. The quantitative estimate of drug-likeness (QED) is 0.850. The molecule has 1 aliphatic rings. The summed E-state index contributed by atoms with van der Waals surface area (Å²) in [5, 5.41) is 5.29. The van der Waals surface area contributed by atoms with Gasteiger partial charge in [0.25, 0.3) is 0 Å². The number of rotatable bonds is 5. The van der Waals surface area contributed by atoms with Crippen molar-refractivity contribution in [3.63, 3.8) is 0 Å². The summed E-state index contributed by atoms with van der Waals surface area (Å²) in [6, 6.07) is 9.53. The highest BCUT2D eigenvalue weighted by atomic mass is 32.2. The number of hydrogen-bond donors (Lipinski definition) is 1. The van der Waals surface area contributed by atoms with Crippen molar-refractivity contribution in [2.24, 2.45) is 10.6 Å². The second kappa shape index (κ2) is 6.59. The molecule has 1 aromatic carbocycles. The molecule has 4 nitrogen and oxygen atoms in total. The molecule has 0 radical (unpaired) electrons. The molecule has 0 amide bonds. The first-order chi connectivity index (χ1) is 9.49. The maximum atomic E-state index is 11.6. The van der Waals surface area contributed by atoms with E-state index in [0.717, 1.165) is 44.3 Å². The van der Waals surface area contributed by atoms with Gasteiger partial charge in [-0.25, -0.2) is 13.6 Å². The zero-order valence-electron chi connectivity index (χ0n) is 11.8. The molecule has 1 saturated carbocycles. The van der Waals surface area contributed by atoms with Crippen LogP contribution >= 0.6 is 0 Å². The van der Waals surface area contributed by atoms with E-state index >= 15 is 0 Å². The largest absolute Gasteiger partial charge is 0.493 e.